The molecule has 0 saturated heterocycles. The lowest BCUT2D eigenvalue weighted by molar-refractivity contribution is 0.241. The predicted molar refractivity (Wildman–Crippen MR) is 73.0 cm³/mol. The van der Waals surface area contributed by atoms with Gasteiger partial charge in [-0.2, -0.15) is 5.10 Å². The molecule has 2 N–H and O–H groups in total. The van der Waals surface area contributed by atoms with Gasteiger partial charge in [0.15, 0.2) is 5.16 Å². The summed E-state index contributed by atoms with van der Waals surface area (Å²) < 4.78 is 0. The molecule has 6 nitrogen and oxygen atoms in total. The molecule has 3 rings (SSSR count). The third-order valence-electron chi connectivity index (χ3n) is 3.28. The molecule has 2 aromatic heterocycles. The molecule has 0 atom stereocenters. The summed E-state index contributed by atoms with van der Waals surface area (Å²) >= 11 is 1.47. The maximum atomic E-state index is 12.0. The second-order valence-electron chi connectivity index (χ2n) is 4.57. The first kappa shape index (κ1) is 12.4. The van der Waals surface area contributed by atoms with Gasteiger partial charge in [0.25, 0.3) is 5.56 Å². The molecule has 0 unspecified atom stereocenters. The van der Waals surface area contributed by atoms with Crippen LogP contribution < -0.4 is 5.56 Å². The predicted octanol–water partition coefficient (Wildman–Crippen LogP) is 0.773. The summed E-state index contributed by atoms with van der Waals surface area (Å²) in [5.41, 5.74) is 2.86. The van der Waals surface area contributed by atoms with E-state index < -0.39 is 0 Å². The van der Waals surface area contributed by atoms with Crippen LogP contribution in [0.25, 0.3) is 0 Å². The molecule has 0 bridgehead atoms. The van der Waals surface area contributed by atoms with Crippen molar-refractivity contribution < 1.29 is 0 Å². The van der Waals surface area contributed by atoms with Crippen molar-refractivity contribution in [1.82, 2.24) is 25.1 Å². The lowest BCUT2D eigenvalue weighted by Crippen LogP contribution is -2.35. The molecule has 0 saturated carbocycles. The molecule has 0 fully saturated rings. The van der Waals surface area contributed by atoms with Crippen LogP contribution in [0.4, 0.5) is 0 Å². The van der Waals surface area contributed by atoms with Crippen LogP contribution in [0, 0.1) is 0 Å². The van der Waals surface area contributed by atoms with Crippen LogP contribution in [0.15, 0.2) is 22.3 Å². The first-order valence-electron chi connectivity index (χ1n) is 6.12. The second kappa shape index (κ2) is 5.18. The van der Waals surface area contributed by atoms with Gasteiger partial charge in [-0.1, -0.05) is 11.8 Å². The second-order valence-corrected chi connectivity index (χ2v) is 5.36. The number of fused-ring (bicyclic) bond motifs is 1. The number of hydrogen-bond acceptors (Lipinski definition) is 5. The number of hydrogen-bond donors (Lipinski definition) is 2. The van der Waals surface area contributed by atoms with Gasteiger partial charge in [0, 0.05) is 37.8 Å². The highest BCUT2D eigenvalue weighted by molar-refractivity contribution is 7.98. The maximum absolute atomic E-state index is 12.0. The molecule has 0 amide bonds. The molecule has 0 aliphatic carbocycles. The van der Waals surface area contributed by atoms with E-state index in [0.717, 1.165) is 36.3 Å². The van der Waals surface area contributed by atoms with E-state index in [0.29, 0.717) is 11.7 Å². The lowest BCUT2D eigenvalue weighted by atomic mass is 10.1. The standard InChI is InChI=1S/C12H15N5OS/c1-19-12-15-10-2-3-17(6-8-4-13-14-5-8)7-9(10)11(18)16-12/h4-5H,2-3,6-7H2,1H3,(H,13,14)(H,15,16,18). The zero-order chi connectivity index (χ0) is 13.2. The Morgan fingerprint density at radius 2 is 2.42 bits per heavy atom. The zero-order valence-electron chi connectivity index (χ0n) is 10.6. The average Bonchev–Trinajstić information content (AvgIpc) is 2.92. The number of aromatic amines is 2. The molecule has 0 spiro atoms. The summed E-state index contributed by atoms with van der Waals surface area (Å²) in [4.78, 5) is 21.6. The fourth-order valence-electron chi connectivity index (χ4n) is 2.31. The van der Waals surface area contributed by atoms with Crippen molar-refractivity contribution in [3.8, 4) is 0 Å². The van der Waals surface area contributed by atoms with Crippen molar-refractivity contribution in [3.05, 3.63) is 39.6 Å². The molecule has 3 heterocycles. The third-order valence-corrected chi connectivity index (χ3v) is 3.86. The Morgan fingerprint density at radius 1 is 1.53 bits per heavy atom. The minimum Gasteiger partial charge on any atom is -0.301 e. The quantitative estimate of drug-likeness (QED) is 0.640. The number of aromatic nitrogens is 4. The van der Waals surface area contributed by atoms with Crippen molar-refractivity contribution in [2.75, 3.05) is 12.8 Å². The van der Waals surface area contributed by atoms with E-state index in [4.69, 9.17) is 0 Å². The normalized spacial score (nSPS) is 15.4. The highest BCUT2D eigenvalue weighted by atomic mass is 32.2. The van der Waals surface area contributed by atoms with Gasteiger partial charge in [0.2, 0.25) is 0 Å². The number of H-pyrrole nitrogens is 2. The Balaban J connectivity index is 1.82. The highest BCUT2D eigenvalue weighted by Crippen LogP contribution is 2.17. The Bertz CT molecular complexity index is 622. The number of rotatable bonds is 3. The largest absolute Gasteiger partial charge is 0.301 e. The molecule has 0 aromatic carbocycles. The van der Waals surface area contributed by atoms with Gasteiger partial charge < -0.3 is 4.98 Å². The molecule has 1 aliphatic heterocycles. The van der Waals surface area contributed by atoms with E-state index in [2.05, 4.69) is 25.1 Å². The lowest BCUT2D eigenvalue weighted by Gasteiger charge is -2.27. The molecule has 7 heteroatoms. The van der Waals surface area contributed by atoms with Gasteiger partial charge in [0.05, 0.1) is 17.5 Å². The number of nitrogens with zero attached hydrogens (tertiary/aromatic N) is 3. The minimum atomic E-state index is -0.00811. The zero-order valence-corrected chi connectivity index (χ0v) is 11.5. The maximum Gasteiger partial charge on any atom is 0.256 e. The van der Waals surface area contributed by atoms with Crippen LogP contribution in [0.1, 0.15) is 16.8 Å². The summed E-state index contributed by atoms with van der Waals surface area (Å²) in [7, 11) is 0. The Hall–Kier alpha value is -1.60. The van der Waals surface area contributed by atoms with Crippen molar-refractivity contribution in [2.45, 2.75) is 24.7 Å². The summed E-state index contributed by atoms with van der Waals surface area (Å²) in [6.45, 7) is 2.37. The minimum absolute atomic E-state index is 0.00811. The SMILES string of the molecule is CSc1nc2c(c(=O)[nH]1)CN(Cc1cn[nH]c1)CC2. The number of nitrogens with one attached hydrogen (secondary N) is 2. The molecular weight excluding hydrogens is 262 g/mol. The van der Waals surface area contributed by atoms with Crippen molar-refractivity contribution in [3.63, 3.8) is 0 Å². The van der Waals surface area contributed by atoms with Gasteiger partial charge in [0.1, 0.15) is 0 Å². The van der Waals surface area contributed by atoms with E-state index in [1.54, 1.807) is 0 Å². The summed E-state index contributed by atoms with van der Waals surface area (Å²) in [6, 6.07) is 0. The van der Waals surface area contributed by atoms with Crippen LogP contribution in [0.2, 0.25) is 0 Å². The average molecular weight is 277 g/mol. The molecule has 19 heavy (non-hydrogen) atoms. The van der Waals surface area contributed by atoms with Crippen LogP contribution in [-0.2, 0) is 19.5 Å². The Kier molecular flexibility index (Phi) is 3.39. The van der Waals surface area contributed by atoms with E-state index in [-0.39, 0.29) is 5.56 Å². The van der Waals surface area contributed by atoms with Crippen LogP contribution in [0.5, 0.6) is 0 Å². The van der Waals surface area contributed by atoms with Gasteiger partial charge in [-0.15, -0.1) is 0 Å². The van der Waals surface area contributed by atoms with Gasteiger partial charge in [-0.3, -0.25) is 14.8 Å². The van der Waals surface area contributed by atoms with Crippen molar-refractivity contribution in [2.24, 2.45) is 0 Å². The molecular formula is C12H15N5OS. The van der Waals surface area contributed by atoms with Crippen LogP contribution >= 0.6 is 11.8 Å². The third kappa shape index (κ3) is 2.57. The summed E-state index contributed by atoms with van der Waals surface area (Å²) in [5.74, 6) is 0. The van der Waals surface area contributed by atoms with Gasteiger partial charge in [-0.05, 0) is 6.26 Å². The fourth-order valence-corrected chi connectivity index (χ4v) is 2.71. The van der Waals surface area contributed by atoms with Crippen LogP contribution in [-0.4, -0.2) is 37.9 Å². The monoisotopic (exact) mass is 277 g/mol. The van der Waals surface area contributed by atoms with E-state index in [1.807, 2.05) is 18.6 Å². The van der Waals surface area contributed by atoms with E-state index >= 15 is 0 Å². The topological polar surface area (TPSA) is 77.7 Å². The van der Waals surface area contributed by atoms with Crippen molar-refractivity contribution >= 4 is 11.8 Å². The van der Waals surface area contributed by atoms with Crippen molar-refractivity contribution in [1.29, 1.82) is 0 Å². The smallest absolute Gasteiger partial charge is 0.256 e. The Labute approximate surface area is 114 Å². The molecule has 1 aliphatic rings. The van der Waals surface area contributed by atoms with E-state index in [9.17, 15) is 4.79 Å². The molecule has 100 valence electrons. The first-order valence-corrected chi connectivity index (χ1v) is 7.35. The molecule has 0 radical (unpaired) electrons. The molecule has 2 aromatic rings. The van der Waals surface area contributed by atoms with Crippen LogP contribution in [0.3, 0.4) is 0 Å². The summed E-state index contributed by atoms with van der Waals surface area (Å²) in [6.07, 6.45) is 6.44. The number of thioether (sulfide) groups is 1. The van der Waals surface area contributed by atoms with Gasteiger partial charge >= 0.3 is 0 Å². The highest BCUT2D eigenvalue weighted by Gasteiger charge is 2.21. The van der Waals surface area contributed by atoms with E-state index in [1.165, 1.54) is 11.8 Å². The Morgan fingerprint density at radius 3 is 3.16 bits per heavy atom. The van der Waals surface area contributed by atoms with Gasteiger partial charge in [-0.25, -0.2) is 4.98 Å². The first-order chi connectivity index (χ1) is 9.26. The summed E-state index contributed by atoms with van der Waals surface area (Å²) in [5, 5.41) is 7.44. The fraction of sp³-hybridized carbons (Fsp3) is 0.417.